The van der Waals surface area contributed by atoms with Gasteiger partial charge in [-0.1, -0.05) is 30.5 Å². The molecule has 0 N–H and O–H groups in total. The van der Waals surface area contributed by atoms with Gasteiger partial charge in [0.25, 0.3) is 0 Å². The molecular formula is C15H17NO2. The molecule has 3 heteroatoms. The van der Waals surface area contributed by atoms with E-state index in [0.717, 1.165) is 24.0 Å². The van der Waals surface area contributed by atoms with E-state index in [1.165, 1.54) is 0 Å². The van der Waals surface area contributed by atoms with Gasteiger partial charge in [0.05, 0.1) is 6.07 Å². The summed E-state index contributed by atoms with van der Waals surface area (Å²) in [6.45, 7) is 3.90. The number of nitriles is 1. The van der Waals surface area contributed by atoms with Crippen molar-refractivity contribution in [3.63, 3.8) is 0 Å². The van der Waals surface area contributed by atoms with E-state index < -0.39 is 11.4 Å². The predicted octanol–water partition coefficient (Wildman–Crippen LogP) is 3.29. The van der Waals surface area contributed by atoms with Gasteiger partial charge in [-0.3, -0.25) is 0 Å². The van der Waals surface area contributed by atoms with Gasteiger partial charge in [-0.15, -0.1) is 0 Å². The SMILES string of the molecule is Cc1ccc(OC(=O)C2(C#N)CCCC2)c(C)c1. The molecule has 0 radical (unpaired) electrons. The van der Waals surface area contributed by atoms with E-state index in [2.05, 4.69) is 6.07 Å². The van der Waals surface area contributed by atoms with Gasteiger partial charge < -0.3 is 4.74 Å². The van der Waals surface area contributed by atoms with E-state index in [0.29, 0.717) is 18.6 Å². The molecule has 0 amide bonds. The van der Waals surface area contributed by atoms with Crippen LogP contribution < -0.4 is 4.74 Å². The highest BCUT2D eigenvalue weighted by Gasteiger charge is 2.43. The summed E-state index contributed by atoms with van der Waals surface area (Å²) in [5.41, 5.74) is 1.13. The van der Waals surface area contributed by atoms with Crippen LogP contribution in [0.15, 0.2) is 18.2 Å². The van der Waals surface area contributed by atoms with Gasteiger partial charge in [-0.25, -0.2) is 4.79 Å². The Bertz CT molecular complexity index is 508. The number of hydrogen-bond donors (Lipinski definition) is 0. The standard InChI is InChI=1S/C15H17NO2/c1-11-5-6-13(12(2)9-11)18-14(17)15(10-16)7-3-4-8-15/h5-6,9H,3-4,7-8H2,1-2H3. The number of carbonyl (C=O) groups excluding carboxylic acids is 1. The molecule has 2 rings (SSSR count). The first kappa shape index (κ1) is 12.6. The maximum Gasteiger partial charge on any atom is 0.331 e. The van der Waals surface area contributed by atoms with E-state index in [1.54, 1.807) is 6.07 Å². The molecule has 1 saturated carbocycles. The third-order valence-electron chi connectivity index (χ3n) is 3.59. The van der Waals surface area contributed by atoms with Crippen molar-refractivity contribution in [3.8, 4) is 11.8 Å². The highest BCUT2D eigenvalue weighted by atomic mass is 16.5. The van der Waals surface area contributed by atoms with E-state index >= 15 is 0 Å². The number of rotatable bonds is 2. The summed E-state index contributed by atoms with van der Waals surface area (Å²) in [5.74, 6) is 0.168. The Morgan fingerprint density at radius 1 is 1.33 bits per heavy atom. The van der Waals surface area contributed by atoms with Crippen LogP contribution in [0.3, 0.4) is 0 Å². The van der Waals surface area contributed by atoms with Crippen molar-refractivity contribution in [1.82, 2.24) is 0 Å². The minimum atomic E-state index is -0.919. The second-order valence-corrected chi connectivity index (χ2v) is 5.06. The molecule has 1 aliphatic carbocycles. The third kappa shape index (κ3) is 2.24. The van der Waals surface area contributed by atoms with Gasteiger partial charge in [-0.2, -0.15) is 5.26 Å². The predicted molar refractivity (Wildman–Crippen MR) is 68.1 cm³/mol. The fourth-order valence-electron chi connectivity index (χ4n) is 2.45. The summed E-state index contributed by atoms with van der Waals surface area (Å²) >= 11 is 0. The van der Waals surface area contributed by atoms with Crippen molar-refractivity contribution in [3.05, 3.63) is 29.3 Å². The van der Waals surface area contributed by atoms with E-state index in [-0.39, 0.29) is 0 Å². The monoisotopic (exact) mass is 243 g/mol. The minimum absolute atomic E-state index is 0.394. The highest BCUT2D eigenvalue weighted by molar-refractivity contribution is 5.82. The fraction of sp³-hybridized carbons (Fsp3) is 0.467. The number of carbonyl (C=O) groups is 1. The number of benzene rings is 1. The van der Waals surface area contributed by atoms with Gasteiger partial charge in [-0.05, 0) is 38.3 Å². The molecule has 1 aromatic rings. The number of esters is 1. The summed E-state index contributed by atoms with van der Waals surface area (Å²) in [6.07, 6.45) is 3.09. The van der Waals surface area contributed by atoms with Gasteiger partial charge >= 0.3 is 5.97 Å². The normalized spacial score (nSPS) is 17.2. The summed E-state index contributed by atoms with van der Waals surface area (Å²) in [6, 6.07) is 7.82. The Morgan fingerprint density at radius 3 is 2.56 bits per heavy atom. The molecule has 0 spiro atoms. The van der Waals surface area contributed by atoms with Crippen LogP contribution in [0.1, 0.15) is 36.8 Å². The summed E-state index contributed by atoms with van der Waals surface area (Å²) in [4.78, 5) is 12.2. The number of aryl methyl sites for hydroxylation is 2. The van der Waals surface area contributed by atoms with E-state index in [4.69, 9.17) is 4.74 Å². The first-order chi connectivity index (χ1) is 8.57. The van der Waals surface area contributed by atoms with E-state index in [9.17, 15) is 10.1 Å². The van der Waals surface area contributed by atoms with Crippen LogP contribution in [-0.4, -0.2) is 5.97 Å². The maximum atomic E-state index is 12.2. The highest BCUT2D eigenvalue weighted by Crippen LogP contribution is 2.39. The molecule has 0 aliphatic heterocycles. The average Bonchev–Trinajstić information content (AvgIpc) is 2.82. The molecule has 0 heterocycles. The Morgan fingerprint density at radius 2 is 2.00 bits per heavy atom. The lowest BCUT2D eigenvalue weighted by molar-refractivity contribution is -0.142. The van der Waals surface area contributed by atoms with E-state index in [1.807, 2.05) is 26.0 Å². The van der Waals surface area contributed by atoms with Crippen molar-refractivity contribution in [2.24, 2.45) is 5.41 Å². The topological polar surface area (TPSA) is 50.1 Å². The van der Waals surface area contributed by atoms with Crippen molar-refractivity contribution in [2.45, 2.75) is 39.5 Å². The van der Waals surface area contributed by atoms with Crippen LogP contribution in [0.5, 0.6) is 5.75 Å². The molecule has 0 unspecified atom stereocenters. The Balaban J connectivity index is 2.19. The summed E-state index contributed by atoms with van der Waals surface area (Å²) in [5, 5.41) is 9.23. The van der Waals surface area contributed by atoms with Crippen LogP contribution >= 0.6 is 0 Å². The zero-order valence-corrected chi connectivity index (χ0v) is 10.8. The zero-order valence-electron chi connectivity index (χ0n) is 10.8. The maximum absolute atomic E-state index is 12.2. The van der Waals surface area contributed by atoms with Crippen molar-refractivity contribution >= 4 is 5.97 Å². The largest absolute Gasteiger partial charge is 0.425 e. The van der Waals surface area contributed by atoms with Gasteiger partial charge in [0, 0.05) is 0 Å². The van der Waals surface area contributed by atoms with Gasteiger partial charge in [0.2, 0.25) is 0 Å². The number of nitrogens with zero attached hydrogens (tertiary/aromatic N) is 1. The van der Waals surface area contributed by atoms with Crippen LogP contribution in [-0.2, 0) is 4.79 Å². The third-order valence-corrected chi connectivity index (χ3v) is 3.59. The number of hydrogen-bond acceptors (Lipinski definition) is 3. The smallest absolute Gasteiger partial charge is 0.331 e. The van der Waals surface area contributed by atoms with Crippen LogP contribution in [0.25, 0.3) is 0 Å². The quantitative estimate of drug-likeness (QED) is 0.591. The van der Waals surface area contributed by atoms with Crippen LogP contribution in [0.4, 0.5) is 0 Å². The lowest BCUT2D eigenvalue weighted by Crippen LogP contribution is -2.30. The molecule has 1 aliphatic rings. The summed E-state index contributed by atoms with van der Waals surface area (Å²) in [7, 11) is 0. The Kier molecular flexibility index (Phi) is 3.38. The second kappa shape index (κ2) is 4.81. The van der Waals surface area contributed by atoms with Gasteiger partial charge in [0.1, 0.15) is 5.75 Å². The van der Waals surface area contributed by atoms with Crippen LogP contribution in [0, 0.1) is 30.6 Å². The minimum Gasteiger partial charge on any atom is -0.425 e. The summed E-state index contributed by atoms with van der Waals surface area (Å²) < 4.78 is 5.42. The molecule has 3 nitrogen and oxygen atoms in total. The van der Waals surface area contributed by atoms with Gasteiger partial charge in [0.15, 0.2) is 5.41 Å². The molecule has 18 heavy (non-hydrogen) atoms. The molecule has 94 valence electrons. The lowest BCUT2D eigenvalue weighted by Gasteiger charge is -2.18. The zero-order chi connectivity index (χ0) is 13.2. The molecular weight excluding hydrogens is 226 g/mol. The molecule has 1 fully saturated rings. The first-order valence-corrected chi connectivity index (χ1v) is 6.28. The van der Waals surface area contributed by atoms with Crippen molar-refractivity contribution in [2.75, 3.05) is 0 Å². The molecule has 0 bridgehead atoms. The molecule has 0 atom stereocenters. The number of ether oxygens (including phenoxy) is 1. The molecule has 0 saturated heterocycles. The Hall–Kier alpha value is -1.82. The fourth-order valence-corrected chi connectivity index (χ4v) is 2.45. The van der Waals surface area contributed by atoms with Crippen molar-refractivity contribution < 1.29 is 9.53 Å². The van der Waals surface area contributed by atoms with Crippen LogP contribution in [0.2, 0.25) is 0 Å². The first-order valence-electron chi connectivity index (χ1n) is 6.28. The molecule has 0 aromatic heterocycles. The molecule has 1 aromatic carbocycles. The second-order valence-electron chi connectivity index (χ2n) is 5.06. The Labute approximate surface area is 107 Å². The van der Waals surface area contributed by atoms with Crippen molar-refractivity contribution in [1.29, 1.82) is 5.26 Å². The average molecular weight is 243 g/mol. The lowest BCUT2D eigenvalue weighted by atomic mass is 9.88.